The van der Waals surface area contributed by atoms with E-state index in [2.05, 4.69) is 4.42 Å². The summed E-state index contributed by atoms with van der Waals surface area (Å²) in [5.74, 6) is -1.32. The third-order valence-electron chi connectivity index (χ3n) is 1.12. The minimum absolute atomic E-state index is 0.0414. The number of carbonyl (C=O) groups is 1. The van der Waals surface area contributed by atoms with Gasteiger partial charge in [0.05, 0.1) is 5.56 Å². The fraction of sp³-hybridized carbons (Fsp3) is 0.167. The number of alkyl halides is 2. The van der Waals surface area contributed by atoms with Crippen molar-refractivity contribution < 1.29 is 18.0 Å². The largest absolute Gasteiger partial charge is 0.462 e. The van der Waals surface area contributed by atoms with Gasteiger partial charge in [-0.05, 0) is 6.07 Å². The van der Waals surface area contributed by atoms with Crippen molar-refractivity contribution in [2.45, 2.75) is 6.43 Å². The molecule has 3 nitrogen and oxygen atoms in total. The summed E-state index contributed by atoms with van der Waals surface area (Å²) in [5, 5.41) is 0. The molecule has 1 amide bonds. The minimum atomic E-state index is -2.71. The van der Waals surface area contributed by atoms with Crippen LogP contribution in [-0.4, -0.2) is 5.91 Å². The zero-order chi connectivity index (χ0) is 8.43. The van der Waals surface area contributed by atoms with Gasteiger partial charge in [-0.1, -0.05) is 0 Å². The molecular formula is C6H5F2NO2. The number of hydrogen-bond acceptors (Lipinski definition) is 2. The molecule has 0 unspecified atom stereocenters. The summed E-state index contributed by atoms with van der Waals surface area (Å²) in [4.78, 5) is 10.4. The molecule has 0 aromatic carbocycles. The summed E-state index contributed by atoms with van der Waals surface area (Å²) in [6.07, 6.45) is -1.80. The summed E-state index contributed by atoms with van der Waals surface area (Å²) < 4.78 is 27.9. The van der Waals surface area contributed by atoms with Crippen LogP contribution in [0.15, 0.2) is 16.7 Å². The number of nitrogens with two attached hydrogens (primary N) is 1. The Balaban J connectivity index is 2.90. The number of primary amides is 1. The highest BCUT2D eigenvalue weighted by molar-refractivity contribution is 5.92. The number of carbonyl (C=O) groups excluding carboxylic acids is 1. The van der Waals surface area contributed by atoms with Crippen molar-refractivity contribution in [3.8, 4) is 0 Å². The molecule has 0 fully saturated rings. The van der Waals surface area contributed by atoms with Crippen LogP contribution in [0.1, 0.15) is 22.5 Å². The van der Waals surface area contributed by atoms with Crippen LogP contribution in [0, 0.1) is 0 Å². The van der Waals surface area contributed by atoms with E-state index in [1.165, 1.54) is 0 Å². The second kappa shape index (κ2) is 2.69. The molecule has 0 bridgehead atoms. The summed E-state index contributed by atoms with van der Waals surface area (Å²) in [5.41, 5.74) is 4.74. The lowest BCUT2D eigenvalue weighted by Gasteiger charge is -1.87. The molecule has 2 N–H and O–H groups in total. The van der Waals surface area contributed by atoms with Crippen molar-refractivity contribution in [2.75, 3.05) is 0 Å². The van der Waals surface area contributed by atoms with E-state index in [1.54, 1.807) is 0 Å². The van der Waals surface area contributed by atoms with E-state index in [0.717, 1.165) is 12.3 Å². The SMILES string of the molecule is NC(=O)c1coc(C(F)F)c1. The third-order valence-corrected chi connectivity index (χ3v) is 1.12. The molecular weight excluding hydrogens is 156 g/mol. The lowest BCUT2D eigenvalue weighted by Crippen LogP contribution is -2.09. The highest BCUT2D eigenvalue weighted by Gasteiger charge is 2.13. The molecule has 11 heavy (non-hydrogen) atoms. The van der Waals surface area contributed by atoms with Crippen molar-refractivity contribution in [1.29, 1.82) is 0 Å². The maximum atomic E-state index is 11.8. The predicted octanol–water partition coefficient (Wildman–Crippen LogP) is 1.32. The first kappa shape index (κ1) is 7.71. The van der Waals surface area contributed by atoms with Crippen LogP contribution in [-0.2, 0) is 0 Å². The fourth-order valence-corrected chi connectivity index (χ4v) is 0.596. The maximum absolute atomic E-state index is 11.8. The van der Waals surface area contributed by atoms with Gasteiger partial charge in [0.15, 0.2) is 5.76 Å². The maximum Gasteiger partial charge on any atom is 0.295 e. The second-order valence-electron chi connectivity index (χ2n) is 1.90. The van der Waals surface area contributed by atoms with E-state index in [1.807, 2.05) is 0 Å². The van der Waals surface area contributed by atoms with Gasteiger partial charge in [0.2, 0.25) is 0 Å². The lowest BCUT2D eigenvalue weighted by atomic mass is 10.3. The van der Waals surface area contributed by atoms with Gasteiger partial charge < -0.3 is 10.2 Å². The van der Waals surface area contributed by atoms with Gasteiger partial charge in [-0.25, -0.2) is 8.78 Å². The number of furan rings is 1. The van der Waals surface area contributed by atoms with Gasteiger partial charge in [-0.3, -0.25) is 4.79 Å². The van der Waals surface area contributed by atoms with E-state index in [-0.39, 0.29) is 5.56 Å². The monoisotopic (exact) mass is 161 g/mol. The van der Waals surface area contributed by atoms with Gasteiger partial charge in [-0.15, -0.1) is 0 Å². The van der Waals surface area contributed by atoms with Crippen LogP contribution < -0.4 is 5.73 Å². The summed E-state index contributed by atoms with van der Waals surface area (Å²) in [6.45, 7) is 0. The van der Waals surface area contributed by atoms with E-state index < -0.39 is 18.1 Å². The third kappa shape index (κ3) is 1.54. The van der Waals surface area contributed by atoms with Crippen molar-refractivity contribution in [1.82, 2.24) is 0 Å². The Morgan fingerprint density at radius 3 is 2.55 bits per heavy atom. The Hall–Kier alpha value is -1.39. The number of rotatable bonds is 2. The Kier molecular flexibility index (Phi) is 1.89. The first-order valence-corrected chi connectivity index (χ1v) is 2.77. The molecule has 0 spiro atoms. The Bertz CT molecular complexity index is 269. The van der Waals surface area contributed by atoms with Crippen molar-refractivity contribution in [3.63, 3.8) is 0 Å². The second-order valence-corrected chi connectivity index (χ2v) is 1.90. The summed E-state index contributed by atoms with van der Waals surface area (Å²) in [6, 6.07) is 0.924. The highest BCUT2D eigenvalue weighted by atomic mass is 19.3. The van der Waals surface area contributed by atoms with Gasteiger partial charge in [0.1, 0.15) is 6.26 Å². The number of halogens is 2. The zero-order valence-corrected chi connectivity index (χ0v) is 5.38. The number of hydrogen-bond donors (Lipinski definition) is 1. The quantitative estimate of drug-likeness (QED) is 0.710. The minimum Gasteiger partial charge on any atom is -0.462 e. The van der Waals surface area contributed by atoms with Crippen LogP contribution in [0.4, 0.5) is 8.78 Å². The average molecular weight is 161 g/mol. The molecule has 0 aliphatic heterocycles. The molecule has 0 atom stereocenters. The lowest BCUT2D eigenvalue weighted by molar-refractivity contribution is 0.0999. The van der Waals surface area contributed by atoms with Crippen LogP contribution >= 0.6 is 0 Å². The molecule has 0 aliphatic rings. The molecule has 1 rings (SSSR count). The average Bonchev–Trinajstić information content (AvgIpc) is 2.33. The summed E-state index contributed by atoms with van der Waals surface area (Å²) >= 11 is 0. The standard InChI is InChI=1S/C6H5F2NO2/c7-5(8)4-1-3(2-11-4)6(9)10/h1-2,5H,(H2,9,10). The van der Waals surface area contributed by atoms with E-state index in [0.29, 0.717) is 0 Å². The normalized spacial score (nSPS) is 10.5. The van der Waals surface area contributed by atoms with Crippen LogP contribution in [0.2, 0.25) is 0 Å². The molecule has 0 aliphatic carbocycles. The molecule has 0 saturated carbocycles. The Morgan fingerprint density at radius 1 is 1.64 bits per heavy atom. The molecule has 1 heterocycles. The van der Waals surface area contributed by atoms with Gasteiger partial charge >= 0.3 is 0 Å². The van der Waals surface area contributed by atoms with E-state index >= 15 is 0 Å². The molecule has 5 heteroatoms. The smallest absolute Gasteiger partial charge is 0.295 e. The highest BCUT2D eigenvalue weighted by Crippen LogP contribution is 2.20. The number of amides is 1. The Labute approximate surface area is 60.8 Å². The van der Waals surface area contributed by atoms with Gasteiger partial charge in [0, 0.05) is 0 Å². The zero-order valence-electron chi connectivity index (χ0n) is 5.38. The van der Waals surface area contributed by atoms with E-state index in [9.17, 15) is 13.6 Å². The topological polar surface area (TPSA) is 56.2 Å². The fourth-order valence-electron chi connectivity index (χ4n) is 0.596. The predicted molar refractivity (Wildman–Crippen MR) is 32.2 cm³/mol. The summed E-state index contributed by atoms with van der Waals surface area (Å²) in [7, 11) is 0. The molecule has 1 aromatic heterocycles. The van der Waals surface area contributed by atoms with Crippen molar-refractivity contribution in [2.24, 2.45) is 5.73 Å². The molecule has 0 radical (unpaired) electrons. The van der Waals surface area contributed by atoms with Crippen LogP contribution in [0.3, 0.4) is 0 Å². The van der Waals surface area contributed by atoms with Gasteiger partial charge in [0.25, 0.3) is 12.3 Å². The first-order valence-electron chi connectivity index (χ1n) is 2.77. The Morgan fingerprint density at radius 2 is 2.27 bits per heavy atom. The molecule has 60 valence electrons. The van der Waals surface area contributed by atoms with Crippen LogP contribution in [0.25, 0.3) is 0 Å². The molecule has 0 saturated heterocycles. The first-order chi connectivity index (χ1) is 5.11. The molecule has 1 aromatic rings. The van der Waals surface area contributed by atoms with Crippen molar-refractivity contribution in [3.05, 3.63) is 23.7 Å². The van der Waals surface area contributed by atoms with Crippen LogP contribution in [0.5, 0.6) is 0 Å². The van der Waals surface area contributed by atoms with Gasteiger partial charge in [-0.2, -0.15) is 0 Å². The van der Waals surface area contributed by atoms with Crippen molar-refractivity contribution >= 4 is 5.91 Å². The van der Waals surface area contributed by atoms with E-state index in [4.69, 9.17) is 5.73 Å².